The fourth-order valence-corrected chi connectivity index (χ4v) is 4.29. The zero-order valence-corrected chi connectivity index (χ0v) is 14.9. The van der Waals surface area contributed by atoms with Gasteiger partial charge in [0.1, 0.15) is 5.73 Å². The second-order valence-electron chi connectivity index (χ2n) is 5.06. The summed E-state index contributed by atoms with van der Waals surface area (Å²) in [6.45, 7) is 16.5. The van der Waals surface area contributed by atoms with E-state index in [0.29, 0.717) is 26.4 Å². The molecule has 4 nitrogen and oxygen atoms in total. The smallest absolute Gasteiger partial charge is 0.372 e. The highest BCUT2D eigenvalue weighted by atomic mass is 28.4. The second kappa shape index (κ2) is 11.5. The van der Waals surface area contributed by atoms with Crippen LogP contribution in [0.15, 0.2) is 12.2 Å². The van der Waals surface area contributed by atoms with Gasteiger partial charge in [0.15, 0.2) is 0 Å². The third-order valence-corrected chi connectivity index (χ3v) is 5.58. The first-order valence-electron chi connectivity index (χ1n) is 7.70. The lowest BCUT2D eigenvalue weighted by Gasteiger charge is -2.34. The molecular formula is C15H32O4Si. The molecule has 5 heteroatoms. The van der Waals surface area contributed by atoms with E-state index < -0.39 is 8.80 Å². The lowest BCUT2D eigenvalue weighted by Crippen LogP contribution is -2.57. The Balaban J connectivity index is 4.84. The Morgan fingerprint density at radius 2 is 1.35 bits per heavy atom. The van der Waals surface area contributed by atoms with E-state index in [9.17, 15) is 0 Å². The van der Waals surface area contributed by atoms with Gasteiger partial charge in [0.05, 0.1) is 6.61 Å². The van der Waals surface area contributed by atoms with Crippen LogP contribution >= 0.6 is 0 Å². The quantitative estimate of drug-likeness (QED) is 0.384. The van der Waals surface area contributed by atoms with Gasteiger partial charge in [-0.1, -0.05) is 32.9 Å². The van der Waals surface area contributed by atoms with Crippen molar-refractivity contribution in [2.24, 2.45) is 0 Å². The van der Waals surface area contributed by atoms with Crippen LogP contribution in [0.5, 0.6) is 0 Å². The van der Waals surface area contributed by atoms with Crippen LogP contribution in [0, 0.1) is 0 Å². The SMILES string of the molecule is C=C(C)COC(C)[Si](OCCC)(OCCC)OCCC. The molecule has 0 fully saturated rings. The maximum Gasteiger partial charge on any atom is 0.531 e. The minimum atomic E-state index is -2.79. The lowest BCUT2D eigenvalue weighted by atomic mass is 10.4. The summed E-state index contributed by atoms with van der Waals surface area (Å²) < 4.78 is 23.9. The van der Waals surface area contributed by atoms with E-state index >= 15 is 0 Å². The predicted molar refractivity (Wildman–Crippen MR) is 84.7 cm³/mol. The Kier molecular flexibility index (Phi) is 11.3. The van der Waals surface area contributed by atoms with Gasteiger partial charge in [-0.2, -0.15) is 0 Å². The molecule has 20 heavy (non-hydrogen) atoms. The molecule has 0 saturated carbocycles. The van der Waals surface area contributed by atoms with Crippen LogP contribution < -0.4 is 0 Å². The summed E-state index contributed by atoms with van der Waals surface area (Å²) >= 11 is 0. The Labute approximate surface area is 125 Å². The third-order valence-electron chi connectivity index (χ3n) is 2.60. The molecule has 0 radical (unpaired) electrons. The monoisotopic (exact) mass is 304 g/mol. The largest absolute Gasteiger partial charge is 0.531 e. The van der Waals surface area contributed by atoms with E-state index in [4.69, 9.17) is 18.0 Å². The molecule has 0 aromatic carbocycles. The van der Waals surface area contributed by atoms with Crippen LogP contribution in [-0.2, 0) is 18.0 Å². The predicted octanol–water partition coefficient (Wildman–Crippen LogP) is 3.73. The van der Waals surface area contributed by atoms with Gasteiger partial charge in [-0.05, 0) is 33.1 Å². The minimum absolute atomic E-state index is 0.177. The molecule has 0 aliphatic rings. The molecule has 0 amide bonds. The fourth-order valence-electron chi connectivity index (χ4n) is 1.58. The maximum atomic E-state index is 6.02. The minimum Gasteiger partial charge on any atom is -0.372 e. The fraction of sp³-hybridized carbons (Fsp3) is 0.867. The Morgan fingerprint density at radius 3 is 1.65 bits per heavy atom. The van der Waals surface area contributed by atoms with Crippen molar-refractivity contribution >= 4 is 8.80 Å². The highest BCUT2D eigenvalue weighted by molar-refractivity contribution is 6.62. The zero-order chi connectivity index (χ0) is 15.4. The summed E-state index contributed by atoms with van der Waals surface area (Å²) in [5.74, 6) is 0. The molecule has 0 aliphatic carbocycles. The first-order valence-corrected chi connectivity index (χ1v) is 9.50. The molecule has 0 spiro atoms. The topological polar surface area (TPSA) is 36.9 Å². The van der Waals surface area contributed by atoms with Crippen LogP contribution in [0.3, 0.4) is 0 Å². The average Bonchev–Trinajstić information content (AvgIpc) is 2.44. The number of rotatable bonds is 13. The summed E-state index contributed by atoms with van der Waals surface area (Å²) in [5, 5.41) is 0. The Bertz CT molecular complexity index is 236. The normalized spacial score (nSPS) is 13.4. The van der Waals surface area contributed by atoms with Gasteiger partial charge in [-0.3, -0.25) is 0 Å². The third kappa shape index (κ3) is 7.55. The van der Waals surface area contributed by atoms with Crippen molar-refractivity contribution in [1.29, 1.82) is 0 Å². The van der Waals surface area contributed by atoms with E-state index in [1.54, 1.807) is 0 Å². The van der Waals surface area contributed by atoms with Crippen LogP contribution in [0.25, 0.3) is 0 Å². The molecule has 0 N–H and O–H groups in total. The molecule has 120 valence electrons. The van der Waals surface area contributed by atoms with E-state index in [1.165, 1.54) is 0 Å². The van der Waals surface area contributed by atoms with Crippen molar-refractivity contribution in [2.75, 3.05) is 26.4 Å². The van der Waals surface area contributed by atoms with Crippen molar-refractivity contribution in [3.63, 3.8) is 0 Å². The lowest BCUT2D eigenvalue weighted by molar-refractivity contribution is -0.00419. The molecule has 0 saturated heterocycles. The van der Waals surface area contributed by atoms with E-state index in [1.807, 2.05) is 13.8 Å². The van der Waals surface area contributed by atoms with Gasteiger partial charge in [-0.15, -0.1) is 0 Å². The summed E-state index contributed by atoms with van der Waals surface area (Å²) in [5.41, 5.74) is 0.810. The Morgan fingerprint density at radius 1 is 0.950 bits per heavy atom. The van der Waals surface area contributed by atoms with Gasteiger partial charge in [0.25, 0.3) is 0 Å². The summed E-state index contributed by atoms with van der Waals surface area (Å²) in [6, 6.07) is 0. The van der Waals surface area contributed by atoms with E-state index in [-0.39, 0.29) is 5.73 Å². The second-order valence-corrected chi connectivity index (χ2v) is 7.95. The van der Waals surface area contributed by atoms with Crippen molar-refractivity contribution in [1.82, 2.24) is 0 Å². The molecule has 0 aliphatic heterocycles. The van der Waals surface area contributed by atoms with Crippen molar-refractivity contribution in [3.8, 4) is 0 Å². The number of ether oxygens (including phenoxy) is 1. The average molecular weight is 305 g/mol. The molecule has 0 bridgehead atoms. The molecule has 0 aromatic heterocycles. The number of hydrogen-bond donors (Lipinski definition) is 0. The maximum absolute atomic E-state index is 6.02. The van der Waals surface area contributed by atoms with Crippen LogP contribution in [0.1, 0.15) is 53.9 Å². The van der Waals surface area contributed by atoms with Crippen molar-refractivity contribution in [3.05, 3.63) is 12.2 Å². The van der Waals surface area contributed by atoms with Crippen LogP contribution in [0.4, 0.5) is 0 Å². The molecule has 0 rings (SSSR count). The molecular weight excluding hydrogens is 272 g/mol. The van der Waals surface area contributed by atoms with Crippen LogP contribution in [-0.4, -0.2) is 41.0 Å². The Hall–Kier alpha value is -0.203. The first-order chi connectivity index (χ1) is 9.52. The van der Waals surface area contributed by atoms with Gasteiger partial charge >= 0.3 is 8.80 Å². The van der Waals surface area contributed by atoms with E-state index in [0.717, 1.165) is 24.8 Å². The van der Waals surface area contributed by atoms with Gasteiger partial charge in [0.2, 0.25) is 0 Å². The van der Waals surface area contributed by atoms with E-state index in [2.05, 4.69) is 27.4 Å². The standard InChI is InChI=1S/C15H32O4Si/c1-7-10-17-20(18-11-8-2,19-12-9-3)15(6)16-13-14(4)5/h15H,4,7-13H2,1-3,5-6H3. The zero-order valence-electron chi connectivity index (χ0n) is 13.9. The summed E-state index contributed by atoms with van der Waals surface area (Å²) in [6.07, 6.45) is 2.81. The summed E-state index contributed by atoms with van der Waals surface area (Å²) in [4.78, 5) is 0. The van der Waals surface area contributed by atoms with Crippen molar-refractivity contribution < 1.29 is 18.0 Å². The van der Waals surface area contributed by atoms with Gasteiger partial charge < -0.3 is 18.0 Å². The van der Waals surface area contributed by atoms with Crippen LogP contribution in [0.2, 0.25) is 0 Å². The molecule has 1 unspecified atom stereocenters. The van der Waals surface area contributed by atoms with Gasteiger partial charge in [-0.25, -0.2) is 0 Å². The number of hydrogen-bond acceptors (Lipinski definition) is 4. The van der Waals surface area contributed by atoms with Gasteiger partial charge in [0, 0.05) is 19.8 Å². The van der Waals surface area contributed by atoms with Crippen molar-refractivity contribution in [2.45, 2.75) is 59.6 Å². The molecule has 0 heterocycles. The first kappa shape index (κ1) is 19.8. The highest BCUT2D eigenvalue weighted by Crippen LogP contribution is 2.19. The highest BCUT2D eigenvalue weighted by Gasteiger charge is 2.48. The summed E-state index contributed by atoms with van der Waals surface area (Å²) in [7, 11) is -2.79. The molecule has 1 atom stereocenters. The molecule has 0 aromatic rings.